The highest BCUT2D eigenvalue weighted by molar-refractivity contribution is 9.10. The van der Waals surface area contributed by atoms with E-state index in [1.54, 1.807) is 0 Å². The maximum atomic E-state index is 10.7. The summed E-state index contributed by atoms with van der Waals surface area (Å²) in [5.41, 5.74) is 1.16. The van der Waals surface area contributed by atoms with Gasteiger partial charge in [0.15, 0.2) is 0 Å². The number of benzene rings is 1. The fourth-order valence-electron chi connectivity index (χ4n) is 4.51. The van der Waals surface area contributed by atoms with E-state index in [-0.39, 0.29) is 18.6 Å². The van der Waals surface area contributed by atoms with Gasteiger partial charge in [-0.25, -0.2) is 0 Å². The quantitative estimate of drug-likeness (QED) is 0.468. The molecule has 1 aliphatic heterocycles. The topological polar surface area (TPSA) is 59.0 Å². The van der Waals surface area contributed by atoms with Crippen molar-refractivity contribution in [2.24, 2.45) is 0 Å². The molecule has 0 aromatic heterocycles. The summed E-state index contributed by atoms with van der Waals surface area (Å²) in [5.74, 6) is -0.765. The summed E-state index contributed by atoms with van der Waals surface area (Å²) in [4.78, 5) is 13.3. The van der Waals surface area contributed by atoms with Crippen LogP contribution in [0.4, 0.5) is 0 Å². The molecule has 6 heteroatoms. The number of ether oxygens (including phenoxy) is 2. The molecule has 2 fully saturated rings. The van der Waals surface area contributed by atoms with Gasteiger partial charge in [0.1, 0.15) is 0 Å². The van der Waals surface area contributed by atoms with Gasteiger partial charge in [-0.05, 0) is 62.9 Å². The van der Waals surface area contributed by atoms with E-state index >= 15 is 0 Å². The average Bonchev–Trinajstić information content (AvgIpc) is 2.93. The predicted molar refractivity (Wildman–Crippen MR) is 122 cm³/mol. The van der Waals surface area contributed by atoms with Crippen molar-refractivity contribution in [3.05, 3.63) is 46.5 Å². The van der Waals surface area contributed by atoms with Crippen molar-refractivity contribution in [1.29, 1.82) is 0 Å². The SMILES string of the molecule is O=C(O)CCC=CCO[C@H]1[C@H](OCc2cccc(Br)c2)CC[C@@H]1N1CCCCCC1. The number of hydrogen-bond acceptors (Lipinski definition) is 4. The first kappa shape index (κ1) is 23.5. The maximum Gasteiger partial charge on any atom is 0.303 e. The molecule has 1 aromatic rings. The molecule has 0 amide bonds. The smallest absolute Gasteiger partial charge is 0.303 e. The molecule has 30 heavy (non-hydrogen) atoms. The highest BCUT2D eigenvalue weighted by atomic mass is 79.9. The second kappa shape index (κ2) is 12.6. The van der Waals surface area contributed by atoms with E-state index in [1.165, 1.54) is 25.7 Å². The molecule has 0 bridgehead atoms. The minimum atomic E-state index is -0.765. The van der Waals surface area contributed by atoms with Gasteiger partial charge >= 0.3 is 5.97 Å². The fraction of sp³-hybridized carbons (Fsp3) is 0.625. The van der Waals surface area contributed by atoms with Gasteiger partial charge in [0.05, 0.1) is 25.4 Å². The molecule has 0 spiro atoms. The van der Waals surface area contributed by atoms with Crippen molar-refractivity contribution >= 4 is 21.9 Å². The van der Waals surface area contributed by atoms with Gasteiger partial charge in [-0.2, -0.15) is 0 Å². The van der Waals surface area contributed by atoms with E-state index in [9.17, 15) is 4.79 Å². The van der Waals surface area contributed by atoms with Crippen molar-refractivity contribution in [1.82, 2.24) is 4.90 Å². The first-order valence-electron chi connectivity index (χ1n) is 11.2. The molecule has 1 saturated carbocycles. The second-order valence-corrected chi connectivity index (χ2v) is 9.19. The van der Waals surface area contributed by atoms with Gasteiger partial charge in [-0.3, -0.25) is 9.69 Å². The number of aliphatic carboxylic acids is 1. The molecule has 0 radical (unpaired) electrons. The first-order chi connectivity index (χ1) is 14.6. The van der Waals surface area contributed by atoms with Crippen LogP contribution < -0.4 is 0 Å². The van der Waals surface area contributed by atoms with Gasteiger partial charge in [-0.1, -0.05) is 53.1 Å². The van der Waals surface area contributed by atoms with Gasteiger partial charge < -0.3 is 14.6 Å². The van der Waals surface area contributed by atoms with Crippen LogP contribution in [0.15, 0.2) is 40.9 Å². The number of halogens is 1. The third-order valence-corrected chi connectivity index (χ3v) is 6.53. The van der Waals surface area contributed by atoms with E-state index in [2.05, 4.69) is 33.0 Å². The van der Waals surface area contributed by atoms with E-state index in [4.69, 9.17) is 14.6 Å². The molecule has 1 aromatic carbocycles. The lowest BCUT2D eigenvalue weighted by atomic mass is 10.1. The lowest BCUT2D eigenvalue weighted by Crippen LogP contribution is -2.45. The molecule has 166 valence electrons. The van der Waals surface area contributed by atoms with Crippen molar-refractivity contribution in [3.63, 3.8) is 0 Å². The van der Waals surface area contributed by atoms with E-state index in [0.717, 1.165) is 36.0 Å². The summed E-state index contributed by atoms with van der Waals surface area (Å²) >= 11 is 3.53. The number of likely N-dealkylation sites (tertiary alicyclic amines) is 1. The van der Waals surface area contributed by atoms with Crippen LogP contribution >= 0.6 is 15.9 Å². The Morgan fingerprint density at radius 1 is 1.13 bits per heavy atom. The number of carbonyl (C=O) groups is 1. The maximum absolute atomic E-state index is 10.7. The number of carboxylic acids is 1. The van der Waals surface area contributed by atoms with Crippen LogP contribution in [0, 0.1) is 0 Å². The van der Waals surface area contributed by atoms with Crippen LogP contribution in [0.5, 0.6) is 0 Å². The lowest BCUT2D eigenvalue weighted by Gasteiger charge is -2.33. The zero-order valence-electron chi connectivity index (χ0n) is 17.7. The summed E-state index contributed by atoms with van der Waals surface area (Å²) < 4.78 is 13.7. The molecule has 1 N–H and O–H groups in total. The van der Waals surface area contributed by atoms with Crippen LogP contribution in [-0.4, -0.2) is 53.9 Å². The van der Waals surface area contributed by atoms with E-state index in [1.807, 2.05) is 24.3 Å². The van der Waals surface area contributed by atoms with E-state index < -0.39 is 5.97 Å². The largest absolute Gasteiger partial charge is 0.481 e. The van der Waals surface area contributed by atoms with Crippen molar-refractivity contribution in [2.45, 2.75) is 76.2 Å². The number of nitrogens with zero attached hydrogens (tertiary/aromatic N) is 1. The minimum Gasteiger partial charge on any atom is -0.481 e. The summed E-state index contributed by atoms with van der Waals surface area (Å²) in [6.45, 7) is 3.39. The monoisotopic (exact) mass is 479 g/mol. The van der Waals surface area contributed by atoms with Gasteiger partial charge in [0.25, 0.3) is 0 Å². The Labute approximate surface area is 188 Å². The molecule has 3 atom stereocenters. The van der Waals surface area contributed by atoms with Gasteiger partial charge in [-0.15, -0.1) is 0 Å². The summed E-state index contributed by atoms with van der Waals surface area (Å²) in [7, 11) is 0. The van der Waals surface area contributed by atoms with Crippen molar-refractivity contribution < 1.29 is 19.4 Å². The third kappa shape index (κ3) is 7.49. The van der Waals surface area contributed by atoms with Crippen LogP contribution in [0.25, 0.3) is 0 Å². The fourth-order valence-corrected chi connectivity index (χ4v) is 4.96. The number of carboxylic acid groups (broad SMARTS) is 1. The van der Waals surface area contributed by atoms with Crippen LogP contribution in [0.1, 0.15) is 56.9 Å². The predicted octanol–water partition coefficient (Wildman–Crippen LogP) is 5.18. The number of hydrogen-bond donors (Lipinski definition) is 1. The Morgan fingerprint density at radius 3 is 2.67 bits per heavy atom. The van der Waals surface area contributed by atoms with Crippen molar-refractivity contribution in [2.75, 3.05) is 19.7 Å². The second-order valence-electron chi connectivity index (χ2n) is 8.28. The zero-order chi connectivity index (χ0) is 21.2. The Balaban J connectivity index is 1.58. The number of allylic oxidation sites excluding steroid dienone is 1. The lowest BCUT2D eigenvalue weighted by molar-refractivity contribution is -0.136. The molecular formula is C24H34BrNO4. The zero-order valence-corrected chi connectivity index (χ0v) is 19.3. The standard InChI is InChI=1S/C24H34BrNO4/c25-20-10-8-9-19(17-20)18-30-22-13-12-21(26-14-5-1-2-6-15-26)24(22)29-16-7-3-4-11-23(27)28/h3,7-10,17,21-22,24H,1-2,4-6,11-16,18H2,(H,27,28)/t21-,22+,24+/m0/s1. The minimum absolute atomic E-state index is 0.0550. The summed E-state index contributed by atoms with van der Waals surface area (Å²) in [6, 6.07) is 8.66. The molecule has 1 saturated heterocycles. The summed E-state index contributed by atoms with van der Waals surface area (Å²) in [6.07, 6.45) is 12.0. The Kier molecular flexibility index (Phi) is 9.85. The molecule has 1 heterocycles. The van der Waals surface area contributed by atoms with E-state index in [0.29, 0.717) is 25.7 Å². The highest BCUT2D eigenvalue weighted by Crippen LogP contribution is 2.32. The molecule has 2 aliphatic rings. The van der Waals surface area contributed by atoms with Crippen LogP contribution in [0.3, 0.4) is 0 Å². The molecule has 5 nitrogen and oxygen atoms in total. The number of rotatable bonds is 10. The van der Waals surface area contributed by atoms with Crippen LogP contribution in [-0.2, 0) is 20.9 Å². The van der Waals surface area contributed by atoms with Crippen molar-refractivity contribution in [3.8, 4) is 0 Å². The third-order valence-electron chi connectivity index (χ3n) is 6.03. The van der Waals surface area contributed by atoms with Gasteiger partial charge in [0.2, 0.25) is 0 Å². The molecule has 1 aliphatic carbocycles. The Morgan fingerprint density at radius 2 is 1.93 bits per heavy atom. The Bertz CT molecular complexity index is 688. The van der Waals surface area contributed by atoms with Crippen LogP contribution in [0.2, 0.25) is 0 Å². The normalized spacial score (nSPS) is 25.6. The highest BCUT2D eigenvalue weighted by Gasteiger charge is 2.40. The average molecular weight is 480 g/mol. The molecular weight excluding hydrogens is 446 g/mol. The first-order valence-corrected chi connectivity index (χ1v) is 12.0. The summed E-state index contributed by atoms with van der Waals surface area (Å²) in [5, 5.41) is 8.76. The molecule has 0 unspecified atom stereocenters. The molecule has 3 rings (SSSR count). The van der Waals surface area contributed by atoms with Gasteiger partial charge in [0, 0.05) is 16.9 Å². The Hall–Kier alpha value is -1.21.